The molecule has 0 saturated heterocycles. The van der Waals surface area contributed by atoms with Crippen LogP contribution in [0.25, 0.3) is 11.5 Å². The SMILES string of the molecule is Cc1c(N)nnc(-c2occc2Br)c1C. The van der Waals surface area contributed by atoms with Crippen molar-refractivity contribution in [3.8, 4) is 11.5 Å². The third-order valence-corrected chi connectivity index (χ3v) is 3.02. The molecule has 2 N–H and O–H groups in total. The summed E-state index contributed by atoms with van der Waals surface area (Å²) >= 11 is 3.39. The zero-order chi connectivity index (χ0) is 11.0. The molecule has 2 heterocycles. The first-order valence-corrected chi connectivity index (χ1v) is 5.23. The van der Waals surface area contributed by atoms with Crippen molar-refractivity contribution in [3.05, 3.63) is 27.9 Å². The van der Waals surface area contributed by atoms with Crippen LogP contribution in [-0.2, 0) is 0 Å². The zero-order valence-electron chi connectivity index (χ0n) is 8.41. The highest BCUT2D eigenvalue weighted by atomic mass is 79.9. The van der Waals surface area contributed by atoms with Gasteiger partial charge in [-0.2, -0.15) is 0 Å². The van der Waals surface area contributed by atoms with Crippen LogP contribution < -0.4 is 5.73 Å². The Balaban J connectivity index is 2.65. The van der Waals surface area contributed by atoms with Gasteiger partial charge in [-0.3, -0.25) is 0 Å². The van der Waals surface area contributed by atoms with Crippen LogP contribution in [-0.4, -0.2) is 10.2 Å². The molecule has 2 rings (SSSR count). The van der Waals surface area contributed by atoms with Gasteiger partial charge in [0.05, 0.1) is 10.7 Å². The van der Waals surface area contributed by atoms with E-state index in [4.69, 9.17) is 10.2 Å². The zero-order valence-corrected chi connectivity index (χ0v) is 10.00. The molecule has 5 heteroatoms. The molecular weight excluding hydrogens is 258 g/mol. The van der Waals surface area contributed by atoms with Gasteiger partial charge in [-0.05, 0) is 47.0 Å². The van der Waals surface area contributed by atoms with Gasteiger partial charge in [0.15, 0.2) is 5.76 Å². The van der Waals surface area contributed by atoms with Crippen molar-refractivity contribution in [3.63, 3.8) is 0 Å². The average Bonchev–Trinajstić information content (AvgIpc) is 2.62. The molecule has 0 spiro atoms. The van der Waals surface area contributed by atoms with E-state index in [2.05, 4.69) is 26.1 Å². The van der Waals surface area contributed by atoms with Gasteiger partial charge in [0, 0.05) is 0 Å². The highest BCUT2D eigenvalue weighted by Crippen LogP contribution is 2.31. The Morgan fingerprint density at radius 1 is 1.27 bits per heavy atom. The third-order valence-electron chi connectivity index (χ3n) is 2.39. The number of furan rings is 1. The van der Waals surface area contributed by atoms with Crippen LogP contribution in [0.1, 0.15) is 11.1 Å². The number of hydrogen-bond acceptors (Lipinski definition) is 4. The predicted octanol–water partition coefficient (Wildman–Crippen LogP) is 2.70. The number of aromatic nitrogens is 2. The summed E-state index contributed by atoms with van der Waals surface area (Å²) in [6, 6.07) is 1.82. The Labute approximate surface area is 95.6 Å². The molecule has 0 radical (unpaired) electrons. The average molecular weight is 268 g/mol. The summed E-state index contributed by atoms with van der Waals surface area (Å²) in [7, 11) is 0. The van der Waals surface area contributed by atoms with Crippen molar-refractivity contribution in [2.45, 2.75) is 13.8 Å². The largest absolute Gasteiger partial charge is 0.461 e. The number of halogens is 1. The molecule has 2 aromatic rings. The molecule has 0 aromatic carbocycles. The van der Waals surface area contributed by atoms with Gasteiger partial charge < -0.3 is 10.2 Å². The fourth-order valence-corrected chi connectivity index (χ4v) is 1.69. The van der Waals surface area contributed by atoms with Gasteiger partial charge in [-0.15, -0.1) is 10.2 Å². The molecule has 0 saturated carbocycles. The topological polar surface area (TPSA) is 64.9 Å². The van der Waals surface area contributed by atoms with E-state index in [9.17, 15) is 0 Å². The van der Waals surface area contributed by atoms with E-state index in [0.717, 1.165) is 21.3 Å². The maximum absolute atomic E-state index is 5.67. The van der Waals surface area contributed by atoms with Gasteiger partial charge in [-0.25, -0.2) is 0 Å². The molecule has 78 valence electrons. The van der Waals surface area contributed by atoms with Crippen LogP contribution >= 0.6 is 15.9 Å². The molecule has 0 aliphatic carbocycles. The van der Waals surface area contributed by atoms with Crippen molar-refractivity contribution >= 4 is 21.7 Å². The summed E-state index contributed by atoms with van der Waals surface area (Å²) in [5, 5.41) is 7.93. The molecule has 0 amide bonds. The van der Waals surface area contributed by atoms with Crippen molar-refractivity contribution in [1.29, 1.82) is 0 Å². The number of nitrogens with two attached hydrogens (primary N) is 1. The molecule has 0 unspecified atom stereocenters. The Hall–Kier alpha value is -1.36. The highest BCUT2D eigenvalue weighted by molar-refractivity contribution is 9.10. The van der Waals surface area contributed by atoms with Crippen LogP contribution in [0.3, 0.4) is 0 Å². The van der Waals surface area contributed by atoms with Crippen molar-refractivity contribution in [2.24, 2.45) is 0 Å². The summed E-state index contributed by atoms with van der Waals surface area (Å²) < 4.78 is 6.20. The monoisotopic (exact) mass is 267 g/mol. The minimum absolute atomic E-state index is 0.457. The van der Waals surface area contributed by atoms with Gasteiger partial charge in [-0.1, -0.05) is 0 Å². The van der Waals surface area contributed by atoms with E-state index >= 15 is 0 Å². The van der Waals surface area contributed by atoms with Crippen LogP contribution in [0, 0.1) is 13.8 Å². The van der Waals surface area contributed by atoms with Gasteiger partial charge in [0.1, 0.15) is 11.5 Å². The van der Waals surface area contributed by atoms with Crippen LogP contribution in [0.5, 0.6) is 0 Å². The second-order valence-electron chi connectivity index (χ2n) is 3.28. The maximum Gasteiger partial charge on any atom is 0.168 e. The Morgan fingerprint density at radius 3 is 2.60 bits per heavy atom. The fourth-order valence-electron chi connectivity index (χ4n) is 1.30. The molecule has 0 bridgehead atoms. The second kappa shape index (κ2) is 3.66. The van der Waals surface area contributed by atoms with Crippen molar-refractivity contribution in [2.75, 3.05) is 5.73 Å². The molecule has 15 heavy (non-hydrogen) atoms. The fraction of sp³-hybridized carbons (Fsp3) is 0.200. The van der Waals surface area contributed by atoms with Crippen LogP contribution in [0.4, 0.5) is 5.82 Å². The summed E-state index contributed by atoms with van der Waals surface area (Å²) in [5.74, 6) is 1.14. The Morgan fingerprint density at radius 2 is 2.00 bits per heavy atom. The van der Waals surface area contributed by atoms with Gasteiger partial charge >= 0.3 is 0 Å². The van der Waals surface area contributed by atoms with Gasteiger partial charge in [0.25, 0.3) is 0 Å². The van der Waals surface area contributed by atoms with Crippen molar-refractivity contribution in [1.82, 2.24) is 10.2 Å². The highest BCUT2D eigenvalue weighted by Gasteiger charge is 2.14. The molecule has 0 fully saturated rings. The molecule has 2 aromatic heterocycles. The lowest BCUT2D eigenvalue weighted by Crippen LogP contribution is -2.01. The molecule has 4 nitrogen and oxygen atoms in total. The molecular formula is C10H10BrN3O. The lowest BCUT2D eigenvalue weighted by Gasteiger charge is -2.06. The molecule has 0 aliphatic heterocycles. The summed E-state index contributed by atoms with van der Waals surface area (Å²) in [5.41, 5.74) is 8.30. The second-order valence-corrected chi connectivity index (χ2v) is 4.14. The first-order chi connectivity index (χ1) is 7.11. The number of rotatable bonds is 1. The minimum Gasteiger partial charge on any atom is -0.461 e. The summed E-state index contributed by atoms with van der Waals surface area (Å²) in [4.78, 5) is 0. The van der Waals surface area contributed by atoms with Crippen molar-refractivity contribution < 1.29 is 4.42 Å². The quantitative estimate of drug-likeness (QED) is 0.863. The number of anilines is 1. The number of nitrogen functional groups attached to an aromatic ring is 1. The van der Waals surface area contributed by atoms with E-state index in [1.165, 1.54) is 0 Å². The molecule has 0 atom stereocenters. The van der Waals surface area contributed by atoms with Gasteiger partial charge in [0.2, 0.25) is 0 Å². The predicted molar refractivity (Wildman–Crippen MR) is 61.3 cm³/mol. The van der Waals surface area contributed by atoms with Crippen LogP contribution in [0.15, 0.2) is 21.2 Å². The number of hydrogen-bond donors (Lipinski definition) is 1. The maximum atomic E-state index is 5.67. The van der Waals surface area contributed by atoms with E-state index in [0.29, 0.717) is 11.6 Å². The minimum atomic E-state index is 0.457. The normalized spacial score (nSPS) is 10.6. The first kappa shape index (κ1) is 10.2. The number of nitrogens with zero attached hydrogens (tertiary/aromatic N) is 2. The standard InChI is InChI=1S/C10H10BrN3O/c1-5-6(2)10(12)14-13-8(5)9-7(11)3-4-15-9/h3-4H,1-2H3,(H2,12,14). The third kappa shape index (κ3) is 1.63. The Kier molecular flexibility index (Phi) is 2.48. The lowest BCUT2D eigenvalue weighted by molar-refractivity contribution is 0.577. The summed E-state index contributed by atoms with van der Waals surface area (Å²) in [6.45, 7) is 3.87. The Bertz CT molecular complexity index is 507. The smallest absolute Gasteiger partial charge is 0.168 e. The van der Waals surface area contributed by atoms with E-state index in [-0.39, 0.29) is 0 Å². The van der Waals surface area contributed by atoms with Crippen LogP contribution in [0.2, 0.25) is 0 Å². The lowest BCUT2D eigenvalue weighted by atomic mass is 10.1. The first-order valence-electron chi connectivity index (χ1n) is 4.44. The van der Waals surface area contributed by atoms with E-state index < -0.39 is 0 Å². The molecule has 0 aliphatic rings. The summed E-state index contributed by atoms with van der Waals surface area (Å²) in [6.07, 6.45) is 1.60. The van der Waals surface area contributed by atoms with E-state index in [1.54, 1.807) is 6.26 Å². The van der Waals surface area contributed by atoms with E-state index in [1.807, 2.05) is 19.9 Å².